The molecule has 0 radical (unpaired) electrons. The van der Waals surface area contributed by atoms with E-state index in [1.165, 1.54) is 18.9 Å². The molecule has 1 aromatic rings. The van der Waals surface area contributed by atoms with Crippen LogP contribution >= 0.6 is 0 Å². The van der Waals surface area contributed by atoms with E-state index in [0.717, 1.165) is 12.3 Å². The predicted octanol–water partition coefficient (Wildman–Crippen LogP) is 2.08. The molecule has 1 atom stereocenters. The van der Waals surface area contributed by atoms with E-state index in [9.17, 15) is 15.3 Å². The maximum atomic E-state index is 9.64. The Bertz CT molecular complexity index is 402. The number of benzene rings is 1. The summed E-state index contributed by atoms with van der Waals surface area (Å²) in [7, 11) is 0. The largest absolute Gasteiger partial charge is 0.504 e. The smallest absolute Gasteiger partial charge is 0.200 e. The molecule has 4 heteroatoms. The molecule has 0 aliphatic heterocycles. The van der Waals surface area contributed by atoms with E-state index < -0.39 is 5.75 Å². The number of nitrogens with one attached hydrogen (secondary N) is 1. The van der Waals surface area contributed by atoms with Gasteiger partial charge in [-0.15, -0.1) is 0 Å². The van der Waals surface area contributed by atoms with Crippen LogP contribution in [0, 0.1) is 5.92 Å². The molecule has 4 nitrogen and oxygen atoms in total. The third-order valence-corrected chi connectivity index (χ3v) is 3.24. The Labute approximate surface area is 101 Å². The second-order valence-electron chi connectivity index (χ2n) is 4.90. The van der Waals surface area contributed by atoms with Crippen molar-refractivity contribution >= 4 is 0 Å². The molecule has 1 fully saturated rings. The Morgan fingerprint density at radius 3 is 2.59 bits per heavy atom. The summed E-state index contributed by atoms with van der Waals surface area (Å²) in [5, 5.41) is 31.5. The molecule has 0 amide bonds. The molecule has 1 aliphatic rings. The number of phenols is 3. The molecule has 0 bridgehead atoms. The van der Waals surface area contributed by atoms with Gasteiger partial charge in [-0.05, 0) is 25.3 Å². The molecule has 0 aromatic heterocycles. The van der Waals surface area contributed by atoms with Crippen molar-refractivity contribution in [1.82, 2.24) is 5.32 Å². The fourth-order valence-electron chi connectivity index (χ4n) is 1.97. The van der Waals surface area contributed by atoms with Crippen molar-refractivity contribution in [3.8, 4) is 17.2 Å². The first kappa shape index (κ1) is 12.0. The van der Waals surface area contributed by atoms with Gasteiger partial charge in [0, 0.05) is 18.2 Å². The molecule has 1 saturated carbocycles. The van der Waals surface area contributed by atoms with E-state index in [1.54, 1.807) is 6.07 Å². The minimum Gasteiger partial charge on any atom is -0.504 e. The maximum Gasteiger partial charge on any atom is 0.200 e. The highest BCUT2D eigenvalue weighted by atomic mass is 16.3. The van der Waals surface area contributed by atoms with Gasteiger partial charge in [0.1, 0.15) is 0 Å². The Morgan fingerprint density at radius 2 is 1.94 bits per heavy atom. The summed E-state index contributed by atoms with van der Waals surface area (Å²) in [6.45, 7) is 2.61. The molecule has 94 valence electrons. The lowest BCUT2D eigenvalue weighted by atomic mass is 10.1. The van der Waals surface area contributed by atoms with E-state index in [-0.39, 0.29) is 11.5 Å². The topological polar surface area (TPSA) is 72.7 Å². The number of rotatable bonds is 5. The van der Waals surface area contributed by atoms with Gasteiger partial charge in [-0.3, -0.25) is 0 Å². The molecule has 0 spiro atoms. The minimum atomic E-state index is -0.445. The average Bonchev–Trinajstić information content (AvgIpc) is 3.09. The van der Waals surface area contributed by atoms with Crippen molar-refractivity contribution < 1.29 is 15.3 Å². The minimum absolute atomic E-state index is 0.240. The molecule has 0 heterocycles. The summed E-state index contributed by atoms with van der Waals surface area (Å²) in [6.07, 6.45) is 3.82. The van der Waals surface area contributed by atoms with E-state index in [1.807, 2.05) is 0 Å². The third-order valence-electron chi connectivity index (χ3n) is 3.24. The van der Waals surface area contributed by atoms with E-state index >= 15 is 0 Å². The van der Waals surface area contributed by atoms with Gasteiger partial charge in [0.15, 0.2) is 11.5 Å². The van der Waals surface area contributed by atoms with E-state index in [2.05, 4.69) is 12.2 Å². The molecule has 1 aromatic carbocycles. The Hall–Kier alpha value is -1.42. The lowest BCUT2D eigenvalue weighted by Gasteiger charge is -2.14. The molecular weight excluding hydrogens is 218 g/mol. The standard InChI is InChI=1S/C13H19NO3/c1-8(6-9-2-3-9)14-7-10-4-5-11(15)13(17)12(10)16/h4-5,8-9,14-17H,2-3,6-7H2,1H3. The summed E-state index contributed by atoms with van der Waals surface area (Å²) >= 11 is 0. The molecule has 17 heavy (non-hydrogen) atoms. The van der Waals surface area contributed by atoms with Crippen LogP contribution in [0.15, 0.2) is 12.1 Å². The van der Waals surface area contributed by atoms with Crippen LogP contribution in [0.3, 0.4) is 0 Å². The highest BCUT2D eigenvalue weighted by molar-refractivity contribution is 5.52. The molecule has 0 saturated heterocycles. The highest BCUT2D eigenvalue weighted by Crippen LogP contribution is 2.37. The van der Waals surface area contributed by atoms with Gasteiger partial charge in [0.2, 0.25) is 5.75 Å². The van der Waals surface area contributed by atoms with Crippen molar-refractivity contribution in [2.24, 2.45) is 5.92 Å². The van der Waals surface area contributed by atoms with Gasteiger partial charge < -0.3 is 20.6 Å². The van der Waals surface area contributed by atoms with Crippen LogP contribution in [-0.2, 0) is 6.54 Å². The molecular formula is C13H19NO3. The quantitative estimate of drug-likeness (QED) is 0.592. The lowest BCUT2D eigenvalue weighted by Crippen LogP contribution is -2.25. The Morgan fingerprint density at radius 1 is 1.24 bits per heavy atom. The first-order chi connectivity index (χ1) is 8.08. The monoisotopic (exact) mass is 237 g/mol. The van der Waals surface area contributed by atoms with Crippen LogP contribution < -0.4 is 5.32 Å². The summed E-state index contributed by atoms with van der Waals surface area (Å²) in [4.78, 5) is 0. The van der Waals surface area contributed by atoms with E-state index in [4.69, 9.17) is 0 Å². The zero-order chi connectivity index (χ0) is 12.4. The number of aromatic hydroxyl groups is 3. The normalized spacial score (nSPS) is 17.0. The fraction of sp³-hybridized carbons (Fsp3) is 0.538. The third kappa shape index (κ3) is 3.03. The van der Waals surface area contributed by atoms with E-state index in [0.29, 0.717) is 18.2 Å². The molecule has 1 aliphatic carbocycles. The van der Waals surface area contributed by atoms with Gasteiger partial charge in [-0.25, -0.2) is 0 Å². The first-order valence-electron chi connectivity index (χ1n) is 6.04. The first-order valence-corrected chi connectivity index (χ1v) is 6.04. The highest BCUT2D eigenvalue weighted by Gasteiger charge is 2.23. The summed E-state index contributed by atoms with van der Waals surface area (Å²) in [6, 6.07) is 3.40. The lowest BCUT2D eigenvalue weighted by molar-refractivity contribution is 0.363. The fourth-order valence-corrected chi connectivity index (χ4v) is 1.97. The van der Waals surface area contributed by atoms with Crippen molar-refractivity contribution in [1.29, 1.82) is 0 Å². The van der Waals surface area contributed by atoms with Gasteiger partial charge in [0.25, 0.3) is 0 Å². The molecule has 1 unspecified atom stereocenters. The van der Waals surface area contributed by atoms with Crippen LogP contribution in [0.5, 0.6) is 17.2 Å². The SMILES string of the molecule is CC(CC1CC1)NCc1ccc(O)c(O)c1O. The number of hydrogen-bond donors (Lipinski definition) is 4. The number of hydrogen-bond acceptors (Lipinski definition) is 4. The van der Waals surface area contributed by atoms with Crippen LogP contribution in [0.1, 0.15) is 31.7 Å². The second kappa shape index (κ2) is 4.84. The average molecular weight is 237 g/mol. The van der Waals surface area contributed by atoms with Crippen LogP contribution in [0.4, 0.5) is 0 Å². The second-order valence-corrected chi connectivity index (χ2v) is 4.90. The van der Waals surface area contributed by atoms with Gasteiger partial charge >= 0.3 is 0 Å². The van der Waals surface area contributed by atoms with Crippen LogP contribution in [0.2, 0.25) is 0 Å². The predicted molar refractivity (Wildman–Crippen MR) is 65.1 cm³/mol. The van der Waals surface area contributed by atoms with Crippen molar-refractivity contribution in [2.45, 2.75) is 38.8 Å². The Balaban J connectivity index is 1.91. The maximum absolute atomic E-state index is 9.64. The zero-order valence-corrected chi connectivity index (χ0v) is 9.98. The van der Waals surface area contributed by atoms with Gasteiger partial charge in [-0.2, -0.15) is 0 Å². The summed E-state index contributed by atoms with van der Waals surface area (Å²) in [5.74, 6) is -0.119. The molecule has 4 N–H and O–H groups in total. The summed E-state index contributed by atoms with van der Waals surface area (Å²) < 4.78 is 0. The number of phenolic OH excluding ortho intramolecular Hbond substituents is 3. The Kier molecular flexibility index (Phi) is 3.43. The van der Waals surface area contributed by atoms with Crippen LogP contribution in [0.25, 0.3) is 0 Å². The summed E-state index contributed by atoms with van der Waals surface area (Å²) in [5.41, 5.74) is 0.600. The molecule has 2 rings (SSSR count). The van der Waals surface area contributed by atoms with Crippen molar-refractivity contribution in [2.75, 3.05) is 0 Å². The zero-order valence-electron chi connectivity index (χ0n) is 9.98. The van der Waals surface area contributed by atoms with Crippen molar-refractivity contribution in [3.63, 3.8) is 0 Å². The van der Waals surface area contributed by atoms with Gasteiger partial charge in [0.05, 0.1) is 0 Å². The van der Waals surface area contributed by atoms with Gasteiger partial charge in [-0.1, -0.05) is 18.9 Å². The van der Waals surface area contributed by atoms with Crippen molar-refractivity contribution in [3.05, 3.63) is 17.7 Å². The van der Waals surface area contributed by atoms with Crippen LogP contribution in [-0.4, -0.2) is 21.4 Å².